The molecule has 1 rings (SSSR count). The Labute approximate surface area is 153 Å². The van der Waals surface area contributed by atoms with Crippen LogP contribution in [0.5, 0.6) is 0 Å². The maximum atomic E-state index is 12.4. The molecule has 0 fully saturated rings. The highest BCUT2D eigenvalue weighted by atomic mass is 35.5. The van der Waals surface area contributed by atoms with Crippen molar-refractivity contribution in [1.82, 2.24) is 15.5 Å². The molecule has 24 heavy (non-hydrogen) atoms. The number of rotatable bonds is 10. The lowest BCUT2D eigenvalue weighted by Crippen LogP contribution is -2.47. The number of hydrogen-bond donors (Lipinski definition) is 2. The molecule has 2 amide bonds. The summed E-state index contributed by atoms with van der Waals surface area (Å²) in [5, 5.41) is 6.07. The second kappa shape index (κ2) is 11.3. The lowest BCUT2D eigenvalue weighted by molar-refractivity contribution is -0.123. The monoisotopic (exact) mass is 371 g/mol. The molecular formula is C17H26ClN3O2S. The maximum absolute atomic E-state index is 12.4. The van der Waals surface area contributed by atoms with Gasteiger partial charge in [0.2, 0.25) is 5.91 Å². The predicted molar refractivity (Wildman–Crippen MR) is 102 cm³/mol. The van der Waals surface area contributed by atoms with Crippen LogP contribution in [0.2, 0.25) is 5.02 Å². The second-order valence-electron chi connectivity index (χ2n) is 5.74. The highest BCUT2D eigenvalue weighted by Crippen LogP contribution is 2.15. The zero-order chi connectivity index (χ0) is 17.9. The minimum absolute atomic E-state index is 0.150. The van der Waals surface area contributed by atoms with Gasteiger partial charge in [0.25, 0.3) is 5.91 Å². The predicted octanol–water partition coefficient (Wildman–Crippen LogP) is 2.26. The van der Waals surface area contributed by atoms with Gasteiger partial charge in [0, 0.05) is 6.54 Å². The standard InChI is InChI=1S/C17H26ClN3O2S/c1-21(2)11-6-10-19-17(23)15(9-12-24-3)20-16(22)13-7-4-5-8-14(13)18/h4-5,7-8,15H,6,9-12H2,1-3H3,(H,19,23)(H,20,22). The van der Waals surface area contributed by atoms with Gasteiger partial charge in [-0.05, 0) is 57.6 Å². The van der Waals surface area contributed by atoms with E-state index in [1.54, 1.807) is 36.0 Å². The van der Waals surface area contributed by atoms with E-state index in [-0.39, 0.29) is 11.8 Å². The van der Waals surface area contributed by atoms with Gasteiger partial charge in [0.05, 0.1) is 10.6 Å². The van der Waals surface area contributed by atoms with Crippen LogP contribution in [0.3, 0.4) is 0 Å². The quantitative estimate of drug-likeness (QED) is 0.619. The molecule has 0 aromatic heterocycles. The molecule has 0 saturated heterocycles. The Hall–Kier alpha value is -1.24. The fourth-order valence-corrected chi connectivity index (χ4v) is 2.81. The molecule has 0 saturated carbocycles. The fourth-order valence-electron chi connectivity index (χ4n) is 2.12. The molecule has 0 radical (unpaired) electrons. The van der Waals surface area contributed by atoms with Crippen LogP contribution in [-0.2, 0) is 4.79 Å². The molecule has 0 bridgehead atoms. The lowest BCUT2D eigenvalue weighted by Gasteiger charge is -2.19. The summed E-state index contributed by atoms with van der Waals surface area (Å²) in [6.45, 7) is 1.50. The number of halogens is 1. The van der Waals surface area contributed by atoms with Gasteiger partial charge in [-0.15, -0.1) is 0 Å². The minimum atomic E-state index is -0.555. The van der Waals surface area contributed by atoms with Crippen molar-refractivity contribution in [3.05, 3.63) is 34.9 Å². The van der Waals surface area contributed by atoms with Crippen molar-refractivity contribution in [1.29, 1.82) is 0 Å². The number of carbonyl (C=O) groups is 2. The molecular weight excluding hydrogens is 346 g/mol. The van der Waals surface area contributed by atoms with Gasteiger partial charge in [0.15, 0.2) is 0 Å². The first kappa shape index (κ1) is 20.8. The van der Waals surface area contributed by atoms with E-state index in [0.717, 1.165) is 18.7 Å². The van der Waals surface area contributed by atoms with Crippen molar-refractivity contribution in [2.45, 2.75) is 18.9 Å². The van der Waals surface area contributed by atoms with Gasteiger partial charge in [-0.1, -0.05) is 23.7 Å². The average Bonchev–Trinajstić information content (AvgIpc) is 2.55. The van der Waals surface area contributed by atoms with E-state index in [4.69, 9.17) is 11.6 Å². The average molecular weight is 372 g/mol. The van der Waals surface area contributed by atoms with Crippen LogP contribution in [-0.4, -0.2) is 61.9 Å². The zero-order valence-corrected chi connectivity index (χ0v) is 16.0. The first-order valence-electron chi connectivity index (χ1n) is 7.92. The van der Waals surface area contributed by atoms with E-state index >= 15 is 0 Å². The van der Waals surface area contributed by atoms with Crippen LogP contribution in [0.15, 0.2) is 24.3 Å². The molecule has 1 aromatic carbocycles. The molecule has 0 aliphatic carbocycles. The van der Waals surface area contributed by atoms with Crippen LogP contribution >= 0.6 is 23.4 Å². The van der Waals surface area contributed by atoms with Crippen LogP contribution in [0.4, 0.5) is 0 Å². The Morgan fingerprint density at radius 1 is 1.29 bits per heavy atom. The molecule has 5 nitrogen and oxygen atoms in total. The van der Waals surface area contributed by atoms with Crippen LogP contribution < -0.4 is 10.6 Å². The second-order valence-corrected chi connectivity index (χ2v) is 7.13. The topological polar surface area (TPSA) is 61.4 Å². The molecule has 134 valence electrons. The Morgan fingerprint density at radius 3 is 2.62 bits per heavy atom. The van der Waals surface area contributed by atoms with Crippen molar-refractivity contribution >= 4 is 35.2 Å². The number of thioether (sulfide) groups is 1. The van der Waals surface area contributed by atoms with Crippen molar-refractivity contribution in [2.75, 3.05) is 39.2 Å². The zero-order valence-electron chi connectivity index (χ0n) is 14.5. The van der Waals surface area contributed by atoms with Crippen molar-refractivity contribution in [3.8, 4) is 0 Å². The smallest absolute Gasteiger partial charge is 0.253 e. The summed E-state index contributed by atoms with van der Waals surface area (Å²) in [7, 11) is 3.99. The number of carbonyl (C=O) groups excluding carboxylic acids is 2. The van der Waals surface area contributed by atoms with Crippen LogP contribution in [0.1, 0.15) is 23.2 Å². The SMILES string of the molecule is CSCCC(NC(=O)c1ccccc1Cl)C(=O)NCCCN(C)C. The third kappa shape index (κ3) is 7.55. The van der Waals surface area contributed by atoms with Gasteiger partial charge in [0.1, 0.15) is 6.04 Å². The Kier molecular flexibility index (Phi) is 9.83. The van der Waals surface area contributed by atoms with E-state index in [0.29, 0.717) is 23.6 Å². The first-order chi connectivity index (χ1) is 11.5. The molecule has 0 heterocycles. The van der Waals surface area contributed by atoms with Crippen molar-refractivity contribution in [2.24, 2.45) is 0 Å². The van der Waals surface area contributed by atoms with Crippen molar-refractivity contribution in [3.63, 3.8) is 0 Å². The van der Waals surface area contributed by atoms with Gasteiger partial charge in [-0.2, -0.15) is 11.8 Å². The Balaban J connectivity index is 2.62. The maximum Gasteiger partial charge on any atom is 0.253 e. The highest BCUT2D eigenvalue weighted by molar-refractivity contribution is 7.98. The third-order valence-corrected chi connectivity index (χ3v) is 4.41. The Bertz CT molecular complexity index is 540. The van der Waals surface area contributed by atoms with E-state index in [9.17, 15) is 9.59 Å². The first-order valence-corrected chi connectivity index (χ1v) is 9.69. The largest absolute Gasteiger partial charge is 0.354 e. The normalized spacial score (nSPS) is 12.0. The molecule has 1 aromatic rings. The molecule has 1 unspecified atom stereocenters. The van der Waals surface area contributed by atoms with Gasteiger partial charge in [-0.3, -0.25) is 9.59 Å². The van der Waals surface area contributed by atoms with E-state index < -0.39 is 6.04 Å². The number of nitrogens with one attached hydrogen (secondary N) is 2. The summed E-state index contributed by atoms with van der Waals surface area (Å²) < 4.78 is 0. The summed E-state index contributed by atoms with van der Waals surface area (Å²) >= 11 is 7.69. The van der Waals surface area contributed by atoms with E-state index in [1.165, 1.54) is 0 Å². The van der Waals surface area contributed by atoms with E-state index in [2.05, 4.69) is 15.5 Å². The summed E-state index contributed by atoms with van der Waals surface area (Å²) in [4.78, 5) is 26.8. The summed E-state index contributed by atoms with van der Waals surface area (Å²) in [6.07, 6.45) is 3.42. The Morgan fingerprint density at radius 2 is 2.00 bits per heavy atom. The molecule has 0 aliphatic heterocycles. The number of nitrogens with zero attached hydrogens (tertiary/aromatic N) is 1. The third-order valence-electron chi connectivity index (χ3n) is 3.43. The molecule has 0 spiro atoms. The lowest BCUT2D eigenvalue weighted by atomic mass is 10.1. The van der Waals surface area contributed by atoms with Crippen molar-refractivity contribution < 1.29 is 9.59 Å². The van der Waals surface area contributed by atoms with Gasteiger partial charge in [-0.25, -0.2) is 0 Å². The highest BCUT2D eigenvalue weighted by Gasteiger charge is 2.21. The summed E-state index contributed by atoms with van der Waals surface area (Å²) in [6, 6.07) is 6.27. The number of benzene rings is 1. The molecule has 2 N–H and O–H groups in total. The van der Waals surface area contributed by atoms with Crippen LogP contribution in [0.25, 0.3) is 0 Å². The number of hydrogen-bond acceptors (Lipinski definition) is 4. The molecule has 1 atom stereocenters. The van der Waals surface area contributed by atoms with Gasteiger partial charge < -0.3 is 15.5 Å². The van der Waals surface area contributed by atoms with Gasteiger partial charge >= 0.3 is 0 Å². The fraction of sp³-hybridized carbons (Fsp3) is 0.529. The number of amides is 2. The summed E-state index contributed by atoms with van der Waals surface area (Å²) in [5.74, 6) is 0.317. The van der Waals surface area contributed by atoms with E-state index in [1.807, 2.05) is 20.4 Å². The molecule has 0 aliphatic rings. The van der Waals surface area contributed by atoms with Crippen LogP contribution in [0, 0.1) is 0 Å². The molecule has 7 heteroatoms. The minimum Gasteiger partial charge on any atom is -0.354 e. The summed E-state index contributed by atoms with van der Waals surface area (Å²) in [5.41, 5.74) is 0.383.